The molecule has 0 amide bonds. The Morgan fingerprint density at radius 3 is 1.25 bits per heavy atom. The Morgan fingerprint density at radius 2 is 0.679 bits per heavy atom. The summed E-state index contributed by atoms with van der Waals surface area (Å²) in [5, 5.41) is 2.52. The van der Waals surface area contributed by atoms with Gasteiger partial charge in [0.05, 0.1) is 16.7 Å². The van der Waals surface area contributed by atoms with E-state index in [-0.39, 0.29) is 0 Å². The first-order valence-corrected chi connectivity index (χ1v) is 19.2. The molecule has 264 valence electrons. The number of para-hydroxylation sites is 3. The van der Waals surface area contributed by atoms with Gasteiger partial charge in [-0.3, -0.25) is 0 Å². The molecule has 0 atom stereocenters. The van der Waals surface area contributed by atoms with E-state index in [0.717, 1.165) is 22.7 Å². The number of aromatic nitrogens is 1. The standard InChI is InChI=1S/C54H38N2/c1-3-14-39(15-4-1)41-26-28-42(29-27-41)43-30-34-46(35-31-43)55(48-19-13-18-45(38-48)40-16-5-2-6-17-40)47-36-32-44(33-37-47)49-20-7-10-23-52(49)56-53-24-11-8-21-50(53)51-22-9-12-25-54(51)56/h1-38H. The van der Waals surface area contributed by atoms with Gasteiger partial charge in [-0.1, -0.05) is 176 Å². The molecule has 0 saturated carbocycles. The van der Waals surface area contributed by atoms with Crippen molar-refractivity contribution in [1.29, 1.82) is 0 Å². The van der Waals surface area contributed by atoms with Gasteiger partial charge in [0.2, 0.25) is 0 Å². The van der Waals surface area contributed by atoms with Crippen LogP contribution in [0.25, 0.3) is 72.0 Å². The van der Waals surface area contributed by atoms with Crippen LogP contribution in [0.5, 0.6) is 0 Å². The molecule has 1 aromatic heterocycles. The minimum atomic E-state index is 1.09. The van der Waals surface area contributed by atoms with Crippen molar-refractivity contribution in [3.05, 3.63) is 231 Å². The minimum absolute atomic E-state index is 1.09. The molecule has 0 unspecified atom stereocenters. The molecule has 56 heavy (non-hydrogen) atoms. The molecular formula is C54H38N2. The third kappa shape index (κ3) is 6.14. The molecule has 10 aromatic rings. The highest BCUT2D eigenvalue weighted by molar-refractivity contribution is 6.09. The van der Waals surface area contributed by atoms with Gasteiger partial charge in [0.1, 0.15) is 0 Å². The van der Waals surface area contributed by atoms with Crippen molar-refractivity contribution < 1.29 is 0 Å². The van der Waals surface area contributed by atoms with Gasteiger partial charge in [-0.05, 0) is 93.5 Å². The zero-order chi connectivity index (χ0) is 37.3. The molecule has 0 fully saturated rings. The van der Waals surface area contributed by atoms with Crippen molar-refractivity contribution in [2.45, 2.75) is 0 Å². The SMILES string of the molecule is c1ccc(-c2ccc(-c3ccc(N(c4ccc(-c5ccccc5-n5c6ccccc6c6ccccc65)cc4)c4cccc(-c5ccccc5)c4)cc3)cc2)cc1. The zero-order valence-corrected chi connectivity index (χ0v) is 30.8. The van der Waals surface area contributed by atoms with E-state index in [9.17, 15) is 0 Å². The zero-order valence-electron chi connectivity index (χ0n) is 30.8. The number of hydrogen-bond donors (Lipinski definition) is 0. The smallest absolute Gasteiger partial charge is 0.0541 e. The fraction of sp³-hybridized carbons (Fsp3) is 0. The Morgan fingerprint density at radius 1 is 0.268 bits per heavy atom. The van der Waals surface area contributed by atoms with E-state index in [1.54, 1.807) is 0 Å². The van der Waals surface area contributed by atoms with Crippen molar-refractivity contribution in [2.75, 3.05) is 4.90 Å². The van der Waals surface area contributed by atoms with Gasteiger partial charge in [-0.25, -0.2) is 0 Å². The number of rotatable bonds is 8. The number of hydrogen-bond acceptors (Lipinski definition) is 1. The molecule has 0 spiro atoms. The Hall–Kier alpha value is -7.42. The fourth-order valence-corrected chi connectivity index (χ4v) is 8.08. The molecule has 0 aliphatic carbocycles. The molecule has 0 aliphatic rings. The normalized spacial score (nSPS) is 11.2. The lowest BCUT2D eigenvalue weighted by Crippen LogP contribution is -2.10. The summed E-state index contributed by atoms with van der Waals surface area (Å²) >= 11 is 0. The van der Waals surface area contributed by atoms with Crippen LogP contribution in [-0.4, -0.2) is 4.57 Å². The number of nitrogens with zero attached hydrogens (tertiary/aromatic N) is 2. The highest BCUT2D eigenvalue weighted by atomic mass is 15.1. The van der Waals surface area contributed by atoms with Crippen LogP contribution in [-0.2, 0) is 0 Å². The van der Waals surface area contributed by atoms with E-state index < -0.39 is 0 Å². The van der Waals surface area contributed by atoms with Crippen molar-refractivity contribution in [1.82, 2.24) is 4.57 Å². The summed E-state index contributed by atoms with van der Waals surface area (Å²) in [5.74, 6) is 0. The van der Waals surface area contributed by atoms with Crippen LogP contribution in [0, 0.1) is 0 Å². The predicted molar refractivity (Wildman–Crippen MR) is 237 cm³/mol. The van der Waals surface area contributed by atoms with E-state index >= 15 is 0 Å². The van der Waals surface area contributed by atoms with Gasteiger partial charge in [0.25, 0.3) is 0 Å². The second-order valence-electron chi connectivity index (χ2n) is 14.2. The summed E-state index contributed by atoms with van der Waals surface area (Å²) in [4.78, 5) is 2.36. The van der Waals surface area contributed by atoms with Crippen LogP contribution in [0.15, 0.2) is 231 Å². The minimum Gasteiger partial charge on any atom is -0.310 e. The first-order valence-electron chi connectivity index (χ1n) is 19.2. The molecule has 0 radical (unpaired) electrons. The Labute approximate surface area is 327 Å². The molecule has 0 saturated heterocycles. The van der Waals surface area contributed by atoms with Gasteiger partial charge < -0.3 is 9.47 Å². The second kappa shape index (κ2) is 14.4. The van der Waals surface area contributed by atoms with Crippen molar-refractivity contribution in [3.63, 3.8) is 0 Å². The molecule has 10 rings (SSSR count). The van der Waals surface area contributed by atoms with Gasteiger partial charge in [0, 0.05) is 33.4 Å². The van der Waals surface area contributed by atoms with Crippen LogP contribution in [0.4, 0.5) is 17.1 Å². The number of fused-ring (bicyclic) bond motifs is 3. The van der Waals surface area contributed by atoms with Gasteiger partial charge in [-0.15, -0.1) is 0 Å². The van der Waals surface area contributed by atoms with E-state index in [0.29, 0.717) is 0 Å². The van der Waals surface area contributed by atoms with Crippen LogP contribution in [0.2, 0.25) is 0 Å². The van der Waals surface area contributed by atoms with E-state index in [4.69, 9.17) is 0 Å². The average molecular weight is 715 g/mol. The lowest BCUT2D eigenvalue weighted by atomic mass is 9.99. The van der Waals surface area contributed by atoms with Crippen LogP contribution < -0.4 is 4.90 Å². The van der Waals surface area contributed by atoms with Gasteiger partial charge in [-0.2, -0.15) is 0 Å². The molecule has 2 heteroatoms. The van der Waals surface area contributed by atoms with Crippen LogP contribution in [0.3, 0.4) is 0 Å². The number of anilines is 3. The highest BCUT2D eigenvalue weighted by Crippen LogP contribution is 2.40. The summed E-state index contributed by atoms with van der Waals surface area (Å²) in [6.07, 6.45) is 0. The largest absolute Gasteiger partial charge is 0.310 e. The topological polar surface area (TPSA) is 8.17 Å². The Balaban J connectivity index is 1.04. The van der Waals surface area contributed by atoms with E-state index in [2.05, 4.69) is 240 Å². The first kappa shape index (κ1) is 33.2. The Kier molecular flexibility index (Phi) is 8.55. The molecule has 9 aromatic carbocycles. The maximum absolute atomic E-state index is 2.41. The lowest BCUT2D eigenvalue weighted by molar-refractivity contribution is 1.18. The predicted octanol–water partition coefficient (Wildman–Crippen LogP) is 14.9. The number of benzene rings is 9. The van der Waals surface area contributed by atoms with Gasteiger partial charge in [0.15, 0.2) is 0 Å². The van der Waals surface area contributed by atoms with Crippen molar-refractivity contribution in [3.8, 4) is 50.2 Å². The molecule has 1 heterocycles. The fourth-order valence-electron chi connectivity index (χ4n) is 8.08. The summed E-state index contributed by atoms with van der Waals surface area (Å²) < 4.78 is 2.41. The summed E-state index contributed by atoms with van der Waals surface area (Å²) in [5.41, 5.74) is 16.4. The molecule has 0 N–H and O–H groups in total. The summed E-state index contributed by atoms with van der Waals surface area (Å²) in [6.45, 7) is 0. The average Bonchev–Trinajstić information content (AvgIpc) is 3.62. The summed E-state index contributed by atoms with van der Waals surface area (Å²) in [7, 11) is 0. The highest BCUT2D eigenvalue weighted by Gasteiger charge is 2.17. The molecule has 2 nitrogen and oxygen atoms in total. The van der Waals surface area contributed by atoms with Crippen LogP contribution >= 0.6 is 0 Å². The molecule has 0 aliphatic heterocycles. The first-order chi connectivity index (χ1) is 27.8. The van der Waals surface area contributed by atoms with E-state index in [1.807, 2.05) is 0 Å². The van der Waals surface area contributed by atoms with Crippen molar-refractivity contribution in [2.24, 2.45) is 0 Å². The van der Waals surface area contributed by atoms with Crippen molar-refractivity contribution >= 4 is 38.9 Å². The molecule has 0 bridgehead atoms. The third-order valence-corrected chi connectivity index (χ3v) is 10.8. The lowest BCUT2D eigenvalue weighted by Gasteiger charge is -2.26. The maximum atomic E-state index is 2.41. The monoisotopic (exact) mass is 714 g/mol. The van der Waals surface area contributed by atoms with E-state index in [1.165, 1.54) is 66.3 Å². The second-order valence-corrected chi connectivity index (χ2v) is 14.2. The van der Waals surface area contributed by atoms with Crippen LogP contribution in [0.1, 0.15) is 0 Å². The third-order valence-electron chi connectivity index (χ3n) is 10.8. The van der Waals surface area contributed by atoms with Gasteiger partial charge >= 0.3 is 0 Å². The quantitative estimate of drug-likeness (QED) is 0.152. The molecular weight excluding hydrogens is 677 g/mol. The summed E-state index contributed by atoms with van der Waals surface area (Å²) in [6, 6.07) is 83.0. The Bertz CT molecular complexity index is 2870. The maximum Gasteiger partial charge on any atom is 0.0541 e.